The van der Waals surface area contributed by atoms with Crippen molar-refractivity contribution in [3.05, 3.63) is 94.2 Å². The van der Waals surface area contributed by atoms with Crippen molar-refractivity contribution in [2.75, 3.05) is 0 Å². The van der Waals surface area contributed by atoms with Gasteiger partial charge in [0.1, 0.15) is 0 Å². The monoisotopic (exact) mass is 584 g/mol. The van der Waals surface area contributed by atoms with Gasteiger partial charge in [0.15, 0.2) is 0 Å². The molecule has 3 aromatic carbocycles. The normalized spacial score (nSPS) is 12.8. The van der Waals surface area contributed by atoms with Crippen LogP contribution < -0.4 is 24.8 Å². The van der Waals surface area contributed by atoms with Crippen LogP contribution >= 0.6 is 11.3 Å². The minimum Gasteiger partial charge on any atom is -1.00 e. The Hall–Kier alpha value is -1.05. The SMILES string of the molecule is CC(C)(C)c1ccc2c(c1)[cH-]c1cc(C(C)(C)C)ccc12.[C-]1=C(c2ccsc2)C=CC1.[Cl-].[Cl-].[Zr+4]. The van der Waals surface area contributed by atoms with Gasteiger partial charge < -0.3 is 24.8 Å². The zero-order valence-corrected chi connectivity index (χ0v) is 25.6. The quantitative estimate of drug-likeness (QED) is 0.301. The molecule has 1 aromatic heterocycles. The third-order valence-electron chi connectivity index (χ3n) is 5.96. The Morgan fingerprint density at radius 3 is 1.71 bits per heavy atom. The van der Waals surface area contributed by atoms with Gasteiger partial charge in [-0.1, -0.05) is 94.8 Å². The molecular weight excluding hydrogens is 555 g/mol. The second kappa shape index (κ2) is 12.3. The molecule has 0 unspecified atom stereocenters. The van der Waals surface area contributed by atoms with Crippen LogP contribution in [0.1, 0.15) is 64.7 Å². The molecule has 4 heteroatoms. The Kier molecular flexibility index (Phi) is 11.2. The first-order chi connectivity index (χ1) is 14.6. The van der Waals surface area contributed by atoms with Crippen LogP contribution in [0.5, 0.6) is 0 Å². The molecule has 0 saturated heterocycles. The van der Waals surface area contributed by atoms with Crippen molar-refractivity contribution < 1.29 is 51.0 Å². The minimum absolute atomic E-state index is 0. The van der Waals surface area contributed by atoms with E-state index in [9.17, 15) is 0 Å². The number of rotatable bonds is 1. The fraction of sp³-hybridized carbons (Fsp3) is 0.300. The summed E-state index contributed by atoms with van der Waals surface area (Å²) in [5.41, 5.74) is 5.77. The van der Waals surface area contributed by atoms with Crippen molar-refractivity contribution in [2.45, 2.75) is 58.8 Å². The number of benzene rings is 2. The number of allylic oxidation sites excluding steroid dienone is 4. The van der Waals surface area contributed by atoms with E-state index in [-0.39, 0.29) is 61.8 Å². The van der Waals surface area contributed by atoms with E-state index in [1.54, 1.807) is 11.3 Å². The molecule has 0 saturated carbocycles. The van der Waals surface area contributed by atoms with E-state index in [4.69, 9.17) is 0 Å². The average molecular weight is 587 g/mol. The van der Waals surface area contributed by atoms with Crippen LogP contribution in [0.3, 0.4) is 0 Å². The molecule has 0 nitrogen and oxygen atoms in total. The Balaban J connectivity index is 0.000000379. The summed E-state index contributed by atoms with van der Waals surface area (Å²) in [6.45, 7) is 13.6. The molecule has 1 heterocycles. The van der Waals surface area contributed by atoms with E-state index < -0.39 is 0 Å². The van der Waals surface area contributed by atoms with Gasteiger partial charge in [0.2, 0.25) is 0 Å². The Labute approximate surface area is 240 Å². The van der Waals surface area contributed by atoms with E-state index in [1.165, 1.54) is 43.8 Å². The zero-order chi connectivity index (χ0) is 22.2. The second-order valence-electron chi connectivity index (χ2n) is 10.5. The summed E-state index contributed by atoms with van der Waals surface area (Å²) in [6, 6.07) is 18.3. The molecule has 4 aromatic rings. The maximum atomic E-state index is 3.27. The number of hydrogen-bond donors (Lipinski definition) is 0. The predicted molar refractivity (Wildman–Crippen MR) is 139 cm³/mol. The van der Waals surface area contributed by atoms with Crippen molar-refractivity contribution in [2.24, 2.45) is 0 Å². The van der Waals surface area contributed by atoms with E-state index >= 15 is 0 Å². The van der Waals surface area contributed by atoms with Gasteiger partial charge in [-0.3, -0.25) is 0 Å². The van der Waals surface area contributed by atoms with Gasteiger partial charge in [-0.2, -0.15) is 29.1 Å². The molecule has 0 atom stereocenters. The van der Waals surface area contributed by atoms with Crippen molar-refractivity contribution >= 4 is 38.5 Å². The molecule has 0 radical (unpaired) electrons. The summed E-state index contributed by atoms with van der Waals surface area (Å²) in [4.78, 5) is 0. The van der Waals surface area contributed by atoms with Crippen LogP contribution in [0, 0.1) is 6.08 Å². The Morgan fingerprint density at radius 2 is 1.32 bits per heavy atom. The van der Waals surface area contributed by atoms with E-state index in [0.29, 0.717) is 0 Å². The number of hydrogen-bond acceptors (Lipinski definition) is 1. The van der Waals surface area contributed by atoms with Gasteiger partial charge in [0, 0.05) is 0 Å². The molecule has 34 heavy (non-hydrogen) atoms. The minimum atomic E-state index is 0. The van der Waals surface area contributed by atoms with Gasteiger partial charge in [-0.05, 0) is 16.2 Å². The summed E-state index contributed by atoms with van der Waals surface area (Å²) < 4.78 is 0. The fourth-order valence-electron chi connectivity index (χ4n) is 3.98. The van der Waals surface area contributed by atoms with E-state index in [1.807, 2.05) is 0 Å². The van der Waals surface area contributed by atoms with Crippen molar-refractivity contribution in [3.8, 4) is 0 Å². The summed E-state index contributed by atoms with van der Waals surface area (Å²) in [5, 5.41) is 9.72. The van der Waals surface area contributed by atoms with Crippen molar-refractivity contribution in [3.63, 3.8) is 0 Å². The molecule has 0 fully saturated rings. The van der Waals surface area contributed by atoms with Crippen LogP contribution in [0.15, 0.2) is 71.4 Å². The first-order valence-electron chi connectivity index (χ1n) is 11.1. The Morgan fingerprint density at radius 1 is 0.794 bits per heavy atom. The average Bonchev–Trinajstić information content (AvgIpc) is 3.45. The largest absolute Gasteiger partial charge is 4.00 e. The first kappa shape index (κ1) is 31.0. The summed E-state index contributed by atoms with van der Waals surface area (Å²) >= 11 is 1.73. The molecule has 176 valence electrons. The van der Waals surface area contributed by atoms with Gasteiger partial charge in [0.25, 0.3) is 0 Å². The van der Waals surface area contributed by atoms with E-state index in [2.05, 4.69) is 119 Å². The number of thiophene rings is 1. The van der Waals surface area contributed by atoms with Gasteiger partial charge in [-0.25, -0.2) is 0 Å². The predicted octanol–water partition coefficient (Wildman–Crippen LogP) is 3.21. The van der Waals surface area contributed by atoms with Gasteiger partial charge >= 0.3 is 26.2 Å². The van der Waals surface area contributed by atoms with E-state index in [0.717, 1.165) is 6.42 Å². The molecule has 0 aliphatic heterocycles. The molecule has 0 N–H and O–H groups in total. The molecular formula is C30H32Cl2SZr. The fourth-order valence-corrected chi connectivity index (χ4v) is 4.63. The molecule has 5 rings (SSSR count). The van der Waals surface area contributed by atoms with Crippen LogP contribution in [-0.2, 0) is 37.0 Å². The smallest absolute Gasteiger partial charge is 1.00 e. The van der Waals surface area contributed by atoms with Crippen molar-refractivity contribution in [1.82, 2.24) is 0 Å². The Bertz CT molecular complexity index is 1190. The molecule has 1 aliphatic carbocycles. The molecule has 0 bridgehead atoms. The first-order valence-corrected chi connectivity index (χ1v) is 12.0. The van der Waals surface area contributed by atoms with Crippen molar-refractivity contribution in [1.29, 1.82) is 0 Å². The standard InChI is InChI=1S/C21H25.C9H7S.2ClH.Zr/c1-20(2,3)16-7-9-18-14(12-16)11-15-13-17(21(4,5)6)8-10-19(15)18;1-2-4-8(3-1)9-5-6-10-7-9;;;/h7-13H,1-6H3;1,3,5-7H,2H2;2*1H;/q2*-1;;;+4/p-2. The number of fused-ring (bicyclic) bond motifs is 3. The third-order valence-corrected chi connectivity index (χ3v) is 6.65. The zero-order valence-electron chi connectivity index (χ0n) is 20.8. The number of halogens is 2. The van der Waals surface area contributed by atoms with Gasteiger partial charge in [0.05, 0.1) is 0 Å². The second-order valence-corrected chi connectivity index (χ2v) is 11.2. The summed E-state index contributed by atoms with van der Waals surface area (Å²) in [7, 11) is 0. The van der Waals surface area contributed by atoms with Crippen LogP contribution in [0.25, 0.3) is 27.1 Å². The molecule has 1 aliphatic rings. The van der Waals surface area contributed by atoms with Crippen LogP contribution in [-0.4, -0.2) is 0 Å². The molecule has 0 amide bonds. The summed E-state index contributed by atoms with van der Waals surface area (Å²) in [5.74, 6) is 0. The maximum absolute atomic E-state index is 3.27. The van der Waals surface area contributed by atoms with Gasteiger partial charge in [-0.15, -0.1) is 51.4 Å². The molecule has 0 spiro atoms. The van der Waals surface area contributed by atoms with Crippen LogP contribution in [0.2, 0.25) is 0 Å². The van der Waals surface area contributed by atoms with Crippen LogP contribution in [0.4, 0.5) is 0 Å². The topological polar surface area (TPSA) is 0 Å². The third kappa shape index (κ3) is 7.01. The summed E-state index contributed by atoms with van der Waals surface area (Å²) in [6.07, 6.45) is 8.51. The maximum Gasteiger partial charge on any atom is 4.00 e.